The van der Waals surface area contributed by atoms with Crippen LogP contribution in [0.2, 0.25) is 0 Å². The van der Waals surface area contributed by atoms with Gasteiger partial charge in [0.2, 0.25) is 0 Å². The second-order valence-electron chi connectivity index (χ2n) is 5.99. The van der Waals surface area contributed by atoms with E-state index in [-0.39, 0.29) is 5.91 Å². The first-order valence-corrected chi connectivity index (χ1v) is 9.16. The summed E-state index contributed by atoms with van der Waals surface area (Å²) in [6.07, 6.45) is 2.26. The van der Waals surface area contributed by atoms with Gasteiger partial charge in [-0.15, -0.1) is 0 Å². The van der Waals surface area contributed by atoms with Crippen LogP contribution in [0.5, 0.6) is 0 Å². The molecule has 1 saturated carbocycles. The Morgan fingerprint density at radius 2 is 1.96 bits per heavy atom. The minimum atomic E-state index is -0.220. The normalized spacial score (nSPS) is 18.0. The van der Waals surface area contributed by atoms with Gasteiger partial charge in [-0.1, -0.05) is 5.16 Å². The Balaban J connectivity index is 1.40. The summed E-state index contributed by atoms with van der Waals surface area (Å²) < 4.78 is 5.23. The Hall–Kier alpha value is -1.95. The lowest BCUT2D eigenvalue weighted by Gasteiger charge is -2.28. The van der Waals surface area contributed by atoms with Crippen LogP contribution >= 0.6 is 11.8 Å². The number of carbonyl (C=O) groups excluding carboxylic acids is 1. The van der Waals surface area contributed by atoms with E-state index in [1.54, 1.807) is 6.07 Å². The van der Waals surface area contributed by atoms with E-state index in [4.69, 9.17) is 4.52 Å². The molecule has 0 atom stereocenters. The van der Waals surface area contributed by atoms with Gasteiger partial charge in [-0.25, -0.2) is 0 Å². The van der Waals surface area contributed by atoms with E-state index in [0.29, 0.717) is 11.6 Å². The molecule has 1 aromatic carbocycles. The van der Waals surface area contributed by atoms with Crippen LogP contribution < -0.4 is 10.2 Å². The summed E-state index contributed by atoms with van der Waals surface area (Å²) in [4.78, 5) is 14.6. The summed E-state index contributed by atoms with van der Waals surface area (Å²) in [5.41, 5.74) is 2.34. The van der Waals surface area contributed by atoms with Crippen molar-refractivity contribution >= 4 is 29.0 Å². The molecule has 2 fully saturated rings. The van der Waals surface area contributed by atoms with Gasteiger partial charge in [-0.2, -0.15) is 11.8 Å². The number of thioether (sulfide) groups is 1. The molecule has 0 unspecified atom stereocenters. The van der Waals surface area contributed by atoms with Gasteiger partial charge in [0.15, 0.2) is 5.69 Å². The molecule has 2 aliphatic rings. The Kier molecular flexibility index (Phi) is 3.99. The summed E-state index contributed by atoms with van der Waals surface area (Å²) in [5, 5.41) is 6.74. The summed E-state index contributed by atoms with van der Waals surface area (Å²) in [6, 6.07) is 9.76. The van der Waals surface area contributed by atoms with Gasteiger partial charge in [-0.05, 0) is 37.1 Å². The third kappa shape index (κ3) is 3.37. The molecule has 2 heterocycles. The van der Waals surface area contributed by atoms with E-state index < -0.39 is 0 Å². The maximum atomic E-state index is 12.2. The summed E-state index contributed by atoms with van der Waals surface area (Å²) >= 11 is 2.00. The zero-order valence-electron chi connectivity index (χ0n) is 12.8. The molecule has 4 rings (SSSR count). The molecule has 1 aliphatic carbocycles. The number of hydrogen-bond acceptors (Lipinski definition) is 5. The smallest absolute Gasteiger partial charge is 0.277 e. The maximum absolute atomic E-state index is 12.2. The summed E-state index contributed by atoms with van der Waals surface area (Å²) in [6.45, 7) is 2.17. The maximum Gasteiger partial charge on any atom is 0.277 e. The van der Waals surface area contributed by atoms with E-state index in [1.807, 2.05) is 23.9 Å². The number of hydrogen-bond donors (Lipinski definition) is 1. The SMILES string of the molecule is O=C(Nc1ccc(N2CCSCC2)cc1)c1cc(C2CC2)on1. The van der Waals surface area contributed by atoms with Gasteiger partial charge in [0.25, 0.3) is 5.91 Å². The first kappa shape index (κ1) is 14.6. The first-order valence-electron chi connectivity index (χ1n) is 8.00. The van der Waals surface area contributed by atoms with Crippen molar-refractivity contribution in [2.75, 3.05) is 34.8 Å². The van der Waals surface area contributed by atoms with Crippen LogP contribution in [0.15, 0.2) is 34.9 Å². The van der Waals surface area contributed by atoms with Crippen molar-refractivity contribution in [3.8, 4) is 0 Å². The minimum Gasteiger partial charge on any atom is -0.370 e. The van der Waals surface area contributed by atoms with E-state index in [1.165, 1.54) is 17.2 Å². The second kappa shape index (κ2) is 6.28. The fourth-order valence-corrected chi connectivity index (χ4v) is 3.63. The monoisotopic (exact) mass is 329 g/mol. The number of nitrogens with zero attached hydrogens (tertiary/aromatic N) is 2. The lowest BCUT2D eigenvalue weighted by atomic mass is 10.2. The largest absolute Gasteiger partial charge is 0.370 e. The molecular weight excluding hydrogens is 310 g/mol. The van der Waals surface area contributed by atoms with Crippen molar-refractivity contribution in [3.63, 3.8) is 0 Å². The highest BCUT2D eigenvalue weighted by Crippen LogP contribution is 2.40. The van der Waals surface area contributed by atoms with Crippen molar-refractivity contribution < 1.29 is 9.32 Å². The molecule has 0 bridgehead atoms. The third-order valence-electron chi connectivity index (χ3n) is 4.24. The molecule has 1 aromatic heterocycles. The molecule has 0 radical (unpaired) electrons. The molecule has 2 aromatic rings. The quantitative estimate of drug-likeness (QED) is 0.932. The van der Waals surface area contributed by atoms with Gasteiger partial charge < -0.3 is 14.7 Å². The fourth-order valence-electron chi connectivity index (χ4n) is 2.73. The van der Waals surface area contributed by atoms with Gasteiger partial charge in [-0.3, -0.25) is 4.79 Å². The number of benzene rings is 1. The van der Waals surface area contributed by atoms with Crippen LogP contribution in [0.3, 0.4) is 0 Å². The van der Waals surface area contributed by atoms with Crippen molar-refractivity contribution in [3.05, 3.63) is 41.8 Å². The number of carbonyl (C=O) groups is 1. The summed E-state index contributed by atoms with van der Waals surface area (Å²) in [5.74, 6) is 3.42. The molecule has 1 N–H and O–H groups in total. The van der Waals surface area contributed by atoms with Crippen molar-refractivity contribution in [2.24, 2.45) is 0 Å². The number of aromatic nitrogens is 1. The predicted molar refractivity (Wildman–Crippen MR) is 92.4 cm³/mol. The van der Waals surface area contributed by atoms with E-state index >= 15 is 0 Å². The lowest BCUT2D eigenvalue weighted by molar-refractivity contribution is 0.101. The van der Waals surface area contributed by atoms with Crippen LogP contribution in [0, 0.1) is 0 Å². The van der Waals surface area contributed by atoms with Crippen LogP contribution in [-0.2, 0) is 0 Å². The summed E-state index contributed by atoms with van der Waals surface area (Å²) in [7, 11) is 0. The van der Waals surface area contributed by atoms with Gasteiger partial charge in [0.1, 0.15) is 5.76 Å². The molecular formula is C17H19N3O2S. The predicted octanol–water partition coefficient (Wildman–Crippen LogP) is 3.36. The Morgan fingerprint density at radius 1 is 1.22 bits per heavy atom. The van der Waals surface area contributed by atoms with Gasteiger partial charge >= 0.3 is 0 Å². The van der Waals surface area contributed by atoms with Crippen molar-refractivity contribution in [1.29, 1.82) is 0 Å². The van der Waals surface area contributed by atoms with Gasteiger partial charge in [0, 0.05) is 48.0 Å². The third-order valence-corrected chi connectivity index (χ3v) is 5.18. The standard InChI is InChI=1S/C17H19N3O2S/c21-17(15-11-16(22-19-15)12-1-2-12)18-13-3-5-14(6-4-13)20-7-9-23-10-8-20/h3-6,11-12H,1-2,7-10H2,(H,18,21). The number of anilines is 2. The number of amides is 1. The number of rotatable bonds is 4. The van der Waals surface area contributed by atoms with Crippen LogP contribution in [0.4, 0.5) is 11.4 Å². The molecule has 1 aliphatic heterocycles. The fraction of sp³-hybridized carbons (Fsp3) is 0.412. The average molecular weight is 329 g/mol. The first-order chi connectivity index (χ1) is 11.3. The highest BCUT2D eigenvalue weighted by molar-refractivity contribution is 7.99. The van der Waals surface area contributed by atoms with Crippen LogP contribution in [-0.4, -0.2) is 35.7 Å². The zero-order chi connectivity index (χ0) is 15.6. The molecule has 1 amide bonds. The Bertz CT molecular complexity index is 688. The molecule has 1 saturated heterocycles. The molecule has 120 valence electrons. The van der Waals surface area contributed by atoms with E-state index in [0.717, 1.165) is 37.4 Å². The lowest BCUT2D eigenvalue weighted by Crippen LogP contribution is -2.32. The second-order valence-corrected chi connectivity index (χ2v) is 7.21. The Labute approximate surface area is 139 Å². The minimum absolute atomic E-state index is 0.220. The van der Waals surface area contributed by atoms with E-state index in [9.17, 15) is 4.79 Å². The number of nitrogens with one attached hydrogen (secondary N) is 1. The van der Waals surface area contributed by atoms with E-state index in [2.05, 4.69) is 27.5 Å². The van der Waals surface area contributed by atoms with Crippen molar-refractivity contribution in [2.45, 2.75) is 18.8 Å². The van der Waals surface area contributed by atoms with Crippen molar-refractivity contribution in [1.82, 2.24) is 5.16 Å². The zero-order valence-corrected chi connectivity index (χ0v) is 13.6. The van der Waals surface area contributed by atoms with Gasteiger partial charge in [0.05, 0.1) is 0 Å². The molecule has 6 heteroatoms. The highest BCUT2D eigenvalue weighted by Gasteiger charge is 2.28. The van der Waals surface area contributed by atoms with Crippen LogP contribution in [0.25, 0.3) is 0 Å². The molecule has 5 nitrogen and oxygen atoms in total. The molecule has 0 spiro atoms. The highest BCUT2D eigenvalue weighted by atomic mass is 32.2. The topological polar surface area (TPSA) is 58.4 Å². The average Bonchev–Trinajstić information content (AvgIpc) is 3.33. The van der Waals surface area contributed by atoms with Crippen LogP contribution in [0.1, 0.15) is 35.0 Å². The Morgan fingerprint density at radius 3 is 2.65 bits per heavy atom. The molecule has 23 heavy (non-hydrogen) atoms.